The average molecular weight is 441 g/mol. The van der Waals surface area contributed by atoms with E-state index in [-0.39, 0.29) is 11.9 Å². The molecule has 0 atom stereocenters. The highest BCUT2D eigenvalue weighted by molar-refractivity contribution is 9.10. The van der Waals surface area contributed by atoms with E-state index in [4.69, 9.17) is 0 Å². The van der Waals surface area contributed by atoms with Crippen LogP contribution in [0.5, 0.6) is 0 Å². The van der Waals surface area contributed by atoms with Crippen LogP contribution < -0.4 is 5.32 Å². The Labute approximate surface area is 162 Å². The van der Waals surface area contributed by atoms with Crippen molar-refractivity contribution in [2.45, 2.75) is 18.9 Å². The summed E-state index contributed by atoms with van der Waals surface area (Å²) in [6, 6.07) is 8.38. The van der Waals surface area contributed by atoms with Crippen LogP contribution in [-0.4, -0.2) is 35.8 Å². The molecule has 27 heavy (non-hydrogen) atoms. The fourth-order valence-corrected chi connectivity index (χ4v) is 3.23. The zero-order chi connectivity index (χ0) is 19.6. The zero-order valence-electron chi connectivity index (χ0n) is 14.1. The molecule has 2 amide bonds. The molecule has 0 aliphatic carbocycles. The van der Waals surface area contributed by atoms with Crippen molar-refractivity contribution in [2.75, 3.05) is 13.1 Å². The predicted octanol–water partition coefficient (Wildman–Crippen LogP) is 3.90. The average Bonchev–Trinajstić information content (AvgIpc) is 2.67. The second-order valence-electron chi connectivity index (χ2n) is 6.27. The molecule has 4 nitrogen and oxygen atoms in total. The van der Waals surface area contributed by atoms with E-state index < -0.39 is 28.9 Å². The summed E-state index contributed by atoms with van der Waals surface area (Å²) in [7, 11) is 0. The van der Waals surface area contributed by atoms with Crippen molar-refractivity contribution in [3.05, 3.63) is 69.4 Å². The van der Waals surface area contributed by atoms with Crippen LogP contribution in [0.1, 0.15) is 33.6 Å². The third kappa shape index (κ3) is 4.32. The van der Waals surface area contributed by atoms with E-state index in [1.165, 1.54) is 0 Å². The number of carbonyl (C=O) groups excluding carboxylic acids is 2. The fourth-order valence-electron chi connectivity index (χ4n) is 2.97. The summed E-state index contributed by atoms with van der Waals surface area (Å²) in [4.78, 5) is 26.3. The molecule has 0 spiro atoms. The molecule has 0 radical (unpaired) electrons. The minimum Gasteiger partial charge on any atom is -0.349 e. The highest BCUT2D eigenvalue weighted by Crippen LogP contribution is 2.18. The zero-order valence-corrected chi connectivity index (χ0v) is 15.7. The molecule has 0 saturated carbocycles. The lowest BCUT2D eigenvalue weighted by Crippen LogP contribution is -2.46. The molecule has 1 fully saturated rings. The number of nitrogens with one attached hydrogen (secondary N) is 1. The predicted molar refractivity (Wildman–Crippen MR) is 96.8 cm³/mol. The first-order valence-corrected chi connectivity index (χ1v) is 9.15. The van der Waals surface area contributed by atoms with Crippen LogP contribution >= 0.6 is 15.9 Å². The first kappa shape index (κ1) is 19.4. The molecule has 8 heteroatoms. The number of benzene rings is 2. The van der Waals surface area contributed by atoms with Crippen LogP contribution in [0.2, 0.25) is 0 Å². The molecule has 0 aromatic heterocycles. The number of nitrogens with zero attached hydrogens (tertiary/aromatic N) is 1. The van der Waals surface area contributed by atoms with E-state index in [0.717, 1.165) is 10.5 Å². The van der Waals surface area contributed by atoms with E-state index in [1.54, 1.807) is 29.2 Å². The Hall–Kier alpha value is -2.35. The molecule has 1 aliphatic heterocycles. The smallest absolute Gasteiger partial charge is 0.254 e. The second-order valence-corrected chi connectivity index (χ2v) is 7.19. The van der Waals surface area contributed by atoms with Crippen LogP contribution in [0, 0.1) is 17.5 Å². The van der Waals surface area contributed by atoms with Gasteiger partial charge in [-0.05, 0) is 49.2 Å². The van der Waals surface area contributed by atoms with Gasteiger partial charge in [0.25, 0.3) is 11.8 Å². The van der Waals surface area contributed by atoms with Crippen molar-refractivity contribution in [3.8, 4) is 0 Å². The Bertz CT molecular complexity index is 866. The van der Waals surface area contributed by atoms with E-state index in [2.05, 4.69) is 21.2 Å². The number of carbonyl (C=O) groups is 2. The summed E-state index contributed by atoms with van der Waals surface area (Å²) in [6.45, 7) is 0.861. The standard InChI is InChI=1S/C19H16BrF3N2O2/c20-12-3-1-11(2-4-12)19(27)25-9-7-13(8-10-25)24-18(26)14-5-6-15(21)17(23)16(14)22/h1-6,13H,7-10H2,(H,24,26). The van der Waals surface area contributed by atoms with E-state index in [9.17, 15) is 22.8 Å². The van der Waals surface area contributed by atoms with Gasteiger partial charge in [0.1, 0.15) is 0 Å². The molecular weight excluding hydrogens is 425 g/mol. The largest absolute Gasteiger partial charge is 0.349 e. The van der Waals surface area contributed by atoms with Gasteiger partial charge in [-0.2, -0.15) is 0 Å². The molecular formula is C19H16BrF3N2O2. The Balaban J connectivity index is 1.58. The number of amides is 2. The van der Waals surface area contributed by atoms with Crippen molar-refractivity contribution in [1.82, 2.24) is 10.2 Å². The van der Waals surface area contributed by atoms with Crippen molar-refractivity contribution >= 4 is 27.7 Å². The molecule has 1 aliphatic rings. The third-order valence-corrected chi connectivity index (χ3v) is 5.02. The first-order valence-electron chi connectivity index (χ1n) is 8.36. The lowest BCUT2D eigenvalue weighted by molar-refractivity contribution is 0.0697. The summed E-state index contributed by atoms with van der Waals surface area (Å²) in [5.74, 6) is -5.42. The quantitative estimate of drug-likeness (QED) is 0.735. The Morgan fingerprint density at radius 3 is 2.22 bits per heavy atom. The number of piperidine rings is 1. The van der Waals surface area contributed by atoms with Crippen LogP contribution in [0.4, 0.5) is 13.2 Å². The number of halogens is 4. The molecule has 0 bridgehead atoms. The summed E-state index contributed by atoms with van der Waals surface area (Å²) in [6.07, 6.45) is 0.971. The molecule has 0 unspecified atom stereocenters. The number of hydrogen-bond acceptors (Lipinski definition) is 2. The van der Waals surface area contributed by atoms with Gasteiger partial charge in [0, 0.05) is 29.2 Å². The maximum atomic E-state index is 13.7. The van der Waals surface area contributed by atoms with Gasteiger partial charge in [0.2, 0.25) is 0 Å². The highest BCUT2D eigenvalue weighted by atomic mass is 79.9. The third-order valence-electron chi connectivity index (χ3n) is 4.49. The van der Waals surface area contributed by atoms with Crippen molar-refractivity contribution in [1.29, 1.82) is 0 Å². The summed E-state index contributed by atoms with van der Waals surface area (Å²) < 4.78 is 40.9. The summed E-state index contributed by atoms with van der Waals surface area (Å²) >= 11 is 3.32. The van der Waals surface area contributed by atoms with Gasteiger partial charge >= 0.3 is 0 Å². The lowest BCUT2D eigenvalue weighted by Gasteiger charge is -2.32. The lowest BCUT2D eigenvalue weighted by atomic mass is 10.0. The molecule has 1 N–H and O–H groups in total. The number of likely N-dealkylation sites (tertiary alicyclic amines) is 1. The van der Waals surface area contributed by atoms with Crippen LogP contribution in [0.25, 0.3) is 0 Å². The van der Waals surface area contributed by atoms with Gasteiger partial charge in [0.15, 0.2) is 17.5 Å². The molecule has 2 aromatic rings. The van der Waals surface area contributed by atoms with Crippen LogP contribution in [-0.2, 0) is 0 Å². The van der Waals surface area contributed by atoms with Crippen LogP contribution in [0.15, 0.2) is 40.9 Å². The van der Waals surface area contributed by atoms with Gasteiger partial charge in [-0.3, -0.25) is 9.59 Å². The normalized spacial score (nSPS) is 14.9. The number of hydrogen-bond donors (Lipinski definition) is 1. The first-order chi connectivity index (χ1) is 12.9. The molecule has 2 aromatic carbocycles. The van der Waals surface area contributed by atoms with Crippen molar-refractivity contribution < 1.29 is 22.8 Å². The Morgan fingerprint density at radius 1 is 0.963 bits per heavy atom. The Morgan fingerprint density at radius 2 is 1.59 bits per heavy atom. The van der Waals surface area contributed by atoms with Gasteiger partial charge in [-0.15, -0.1) is 0 Å². The minimum atomic E-state index is -1.67. The summed E-state index contributed by atoms with van der Waals surface area (Å²) in [5, 5.41) is 2.62. The molecule has 142 valence electrons. The van der Waals surface area contributed by atoms with E-state index >= 15 is 0 Å². The van der Waals surface area contributed by atoms with Gasteiger partial charge in [-0.25, -0.2) is 13.2 Å². The highest BCUT2D eigenvalue weighted by Gasteiger charge is 2.26. The summed E-state index contributed by atoms with van der Waals surface area (Å²) in [5.41, 5.74) is 0.0341. The van der Waals surface area contributed by atoms with Gasteiger partial charge in [-0.1, -0.05) is 15.9 Å². The Kier molecular flexibility index (Phi) is 5.84. The van der Waals surface area contributed by atoms with E-state index in [1.807, 2.05) is 0 Å². The molecule has 3 rings (SSSR count). The minimum absolute atomic E-state index is 0.0982. The second kappa shape index (κ2) is 8.12. The van der Waals surface area contributed by atoms with Crippen molar-refractivity contribution in [3.63, 3.8) is 0 Å². The maximum Gasteiger partial charge on any atom is 0.254 e. The maximum absolute atomic E-state index is 13.7. The molecule has 1 heterocycles. The van der Waals surface area contributed by atoms with Gasteiger partial charge in [0.05, 0.1) is 5.56 Å². The number of rotatable bonds is 3. The fraction of sp³-hybridized carbons (Fsp3) is 0.263. The molecule has 1 saturated heterocycles. The van der Waals surface area contributed by atoms with Gasteiger partial charge < -0.3 is 10.2 Å². The van der Waals surface area contributed by atoms with Crippen molar-refractivity contribution in [2.24, 2.45) is 0 Å². The monoisotopic (exact) mass is 440 g/mol. The van der Waals surface area contributed by atoms with E-state index in [0.29, 0.717) is 37.6 Å². The van der Waals surface area contributed by atoms with Crippen LogP contribution in [0.3, 0.4) is 0 Å². The topological polar surface area (TPSA) is 49.4 Å². The SMILES string of the molecule is O=C(NC1CCN(C(=O)c2ccc(Br)cc2)CC1)c1ccc(F)c(F)c1F.